The van der Waals surface area contributed by atoms with Crippen molar-refractivity contribution in [3.8, 4) is 5.75 Å². The molecule has 16 heavy (non-hydrogen) atoms. The number of ether oxygens (including phenoxy) is 1. The minimum absolute atomic E-state index is 0.100. The molecule has 0 aliphatic rings. The Labute approximate surface area is 97.6 Å². The van der Waals surface area contributed by atoms with E-state index >= 15 is 0 Å². The number of ketones is 1. The van der Waals surface area contributed by atoms with Crippen LogP contribution in [0.1, 0.15) is 31.4 Å². The maximum atomic E-state index is 11.4. The van der Waals surface area contributed by atoms with E-state index < -0.39 is 0 Å². The molecule has 0 saturated heterocycles. The zero-order valence-electron chi connectivity index (χ0n) is 10.5. The van der Waals surface area contributed by atoms with Crippen molar-refractivity contribution in [2.24, 2.45) is 5.92 Å². The van der Waals surface area contributed by atoms with Crippen LogP contribution < -0.4 is 4.74 Å². The Morgan fingerprint density at radius 2 is 1.94 bits per heavy atom. The predicted octanol–water partition coefficient (Wildman–Crippen LogP) is 3.30. The molecule has 0 saturated carbocycles. The Balaban J connectivity index is 2.43. The van der Waals surface area contributed by atoms with Gasteiger partial charge in [-0.05, 0) is 37.1 Å². The van der Waals surface area contributed by atoms with Gasteiger partial charge in [0.05, 0.1) is 6.61 Å². The molecule has 0 heterocycles. The van der Waals surface area contributed by atoms with E-state index in [-0.39, 0.29) is 11.7 Å². The number of Topliss-reactive ketones (excluding diaryl/α,β-unsaturated/α-hetero) is 1. The zero-order chi connectivity index (χ0) is 12.1. The summed E-state index contributed by atoms with van der Waals surface area (Å²) in [6, 6.07) is 5.99. The molecule has 0 fully saturated rings. The molecule has 0 N–H and O–H groups in total. The first-order valence-electron chi connectivity index (χ1n) is 5.73. The molecule has 1 rings (SSSR count). The molecule has 0 atom stereocenters. The van der Waals surface area contributed by atoms with Gasteiger partial charge in [0.2, 0.25) is 0 Å². The summed E-state index contributed by atoms with van der Waals surface area (Å²) in [5.74, 6) is 1.20. The summed E-state index contributed by atoms with van der Waals surface area (Å²) in [6.45, 7) is 8.43. The SMILES string of the molecule is Cc1ccc(OCCC(=O)C(C)C)cc1C. The normalized spacial score (nSPS) is 10.6. The fraction of sp³-hybridized carbons (Fsp3) is 0.500. The van der Waals surface area contributed by atoms with Crippen LogP contribution >= 0.6 is 0 Å². The lowest BCUT2D eigenvalue weighted by molar-refractivity contribution is -0.122. The predicted molar refractivity (Wildman–Crippen MR) is 65.9 cm³/mol. The monoisotopic (exact) mass is 220 g/mol. The average molecular weight is 220 g/mol. The third kappa shape index (κ3) is 3.69. The molecule has 1 aromatic rings. The minimum Gasteiger partial charge on any atom is -0.493 e. The topological polar surface area (TPSA) is 26.3 Å². The Hall–Kier alpha value is -1.31. The summed E-state index contributed by atoms with van der Waals surface area (Å²) in [4.78, 5) is 11.4. The highest BCUT2D eigenvalue weighted by molar-refractivity contribution is 5.80. The Bertz CT molecular complexity index is 367. The van der Waals surface area contributed by atoms with Crippen LogP contribution in [0.2, 0.25) is 0 Å². The molecule has 0 aliphatic heterocycles. The highest BCUT2D eigenvalue weighted by Crippen LogP contribution is 2.16. The lowest BCUT2D eigenvalue weighted by Gasteiger charge is -2.08. The third-order valence-electron chi connectivity index (χ3n) is 2.74. The fourth-order valence-electron chi connectivity index (χ4n) is 1.36. The maximum absolute atomic E-state index is 11.4. The van der Waals surface area contributed by atoms with Gasteiger partial charge < -0.3 is 4.74 Å². The van der Waals surface area contributed by atoms with E-state index in [1.165, 1.54) is 11.1 Å². The van der Waals surface area contributed by atoms with Crippen molar-refractivity contribution in [1.29, 1.82) is 0 Å². The van der Waals surface area contributed by atoms with Gasteiger partial charge in [0.25, 0.3) is 0 Å². The number of aryl methyl sites for hydroxylation is 2. The molecule has 0 spiro atoms. The van der Waals surface area contributed by atoms with Gasteiger partial charge in [-0.2, -0.15) is 0 Å². The van der Waals surface area contributed by atoms with Crippen LogP contribution in [-0.2, 0) is 4.79 Å². The number of carbonyl (C=O) groups is 1. The Morgan fingerprint density at radius 3 is 2.50 bits per heavy atom. The van der Waals surface area contributed by atoms with E-state index in [1.807, 2.05) is 32.0 Å². The first-order chi connectivity index (χ1) is 7.50. The van der Waals surface area contributed by atoms with E-state index in [0.29, 0.717) is 13.0 Å². The van der Waals surface area contributed by atoms with Crippen molar-refractivity contribution < 1.29 is 9.53 Å². The van der Waals surface area contributed by atoms with Gasteiger partial charge in [-0.25, -0.2) is 0 Å². The molecule has 1 aromatic carbocycles. The van der Waals surface area contributed by atoms with Gasteiger partial charge in [-0.15, -0.1) is 0 Å². The Kier molecular flexibility index (Phi) is 4.53. The maximum Gasteiger partial charge on any atom is 0.138 e. The van der Waals surface area contributed by atoms with E-state index in [1.54, 1.807) is 0 Å². The van der Waals surface area contributed by atoms with Gasteiger partial charge in [-0.1, -0.05) is 19.9 Å². The molecular weight excluding hydrogens is 200 g/mol. The molecular formula is C14H20O2. The van der Waals surface area contributed by atoms with E-state index in [0.717, 1.165) is 5.75 Å². The van der Waals surface area contributed by atoms with Gasteiger partial charge in [0.1, 0.15) is 11.5 Å². The summed E-state index contributed by atoms with van der Waals surface area (Å²) in [5.41, 5.74) is 2.47. The van der Waals surface area contributed by atoms with E-state index in [9.17, 15) is 4.79 Å². The van der Waals surface area contributed by atoms with E-state index in [2.05, 4.69) is 13.8 Å². The smallest absolute Gasteiger partial charge is 0.138 e. The van der Waals surface area contributed by atoms with Crippen LogP contribution in [0.3, 0.4) is 0 Å². The van der Waals surface area contributed by atoms with Crippen LogP contribution in [0.4, 0.5) is 0 Å². The fourth-order valence-corrected chi connectivity index (χ4v) is 1.36. The summed E-state index contributed by atoms with van der Waals surface area (Å²) in [5, 5.41) is 0. The molecule has 0 aliphatic carbocycles. The number of rotatable bonds is 5. The molecule has 0 amide bonds. The van der Waals surface area contributed by atoms with Crippen molar-refractivity contribution >= 4 is 5.78 Å². The molecule has 0 unspecified atom stereocenters. The molecule has 0 radical (unpaired) electrons. The highest BCUT2D eigenvalue weighted by atomic mass is 16.5. The summed E-state index contributed by atoms with van der Waals surface area (Å²) in [7, 11) is 0. The highest BCUT2D eigenvalue weighted by Gasteiger charge is 2.07. The summed E-state index contributed by atoms with van der Waals surface area (Å²) < 4.78 is 5.54. The van der Waals surface area contributed by atoms with Gasteiger partial charge >= 0.3 is 0 Å². The second-order valence-electron chi connectivity index (χ2n) is 4.47. The number of benzene rings is 1. The summed E-state index contributed by atoms with van der Waals surface area (Å²) in [6.07, 6.45) is 0.491. The molecule has 88 valence electrons. The van der Waals surface area contributed by atoms with Crippen LogP contribution in [0.5, 0.6) is 5.75 Å². The average Bonchev–Trinajstić information content (AvgIpc) is 2.23. The standard InChI is InChI=1S/C14H20O2/c1-10(2)14(15)7-8-16-13-6-5-11(3)12(4)9-13/h5-6,9-10H,7-8H2,1-4H3. The molecule has 0 aromatic heterocycles. The molecule has 0 bridgehead atoms. The quantitative estimate of drug-likeness (QED) is 0.761. The summed E-state index contributed by atoms with van der Waals surface area (Å²) >= 11 is 0. The van der Waals surface area contributed by atoms with Crippen LogP contribution in [-0.4, -0.2) is 12.4 Å². The first kappa shape index (κ1) is 12.8. The van der Waals surface area contributed by atoms with Crippen molar-refractivity contribution in [2.45, 2.75) is 34.1 Å². The molecule has 2 nitrogen and oxygen atoms in total. The van der Waals surface area contributed by atoms with Gasteiger partial charge in [-0.3, -0.25) is 4.79 Å². The van der Waals surface area contributed by atoms with E-state index in [4.69, 9.17) is 4.74 Å². The minimum atomic E-state index is 0.100. The third-order valence-corrected chi connectivity index (χ3v) is 2.74. The molecule has 2 heteroatoms. The van der Waals surface area contributed by atoms with Crippen molar-refractivity contribution in [3.05, 3.63) is 29.3 Å². The van der Waals surface area contributed by atoms with Gasteiger partial charge in [0.15, 0.2) is 0 Å². The van der Waals surface area contributed by atoms with Crippen LogP contribution in [0.25, 0.3) is 0 Å². The van der Waals surface area contributed by atoms with Crippen LogP contribution in [0.15, 0.2) is 18.2 Å². The van der Waals surface area contributed by atoms with Crippen molar-refractivity contribution in [2.75, 3.05) is 6.61 Å². The number of carbonyl (C=O) groups excluding carboxylic acids is 1. The lowest BCUT2D eigenvalue weighted by atomic mass is 10.1. The lowest BCUT2D eigenvalue weighted by Crippen LogP contribution is -2.11. The van der Waals surface area contributed by atoms with Gasteiger partial charge in [0, 0.05) is 12.3 Å². The number of hydrogen-bond acceptors (Lipinski definition) is 2. The van der Waals surface area contributed by atoms with Crippen molar-refractivity contribution in [3.63, 3.8) is 0 Å². The largest absolute Gasteiger partial charge is 0.493 e. The second-order valence-corrected chi connectivity index (χ2v) is 4.47. The number of hydrogen-bond donors (Lipinski definition) is 0. The second kappa shape index (κ2) is 5.69. The van der Waals surface area contributed by atoms with Crippen molar-refractivity contribution in [1.82, 2.24) is 0 Å². The first-order valence-corrected chi connectivity index (χ1v) is 5.73. The van der Waals surface area contributed by atoms with Crippen LogP contribution in [0, 0.1) is 19.8 Å². The Morgan fingerprint density at radius 1 is 1.25 bits per heavy atom. The zero-order valence-corrected chi connectivity index (χ0v) is 10.5.